The SMILES string of the molecule is CCNC(=NCC(O)Cc1ccccc1)N1CCN(c2cnn(C)c2)C(=O)C1.I. The van der Waals surface area contributed by atoms with E-state index in [1.165, 1.54) is 0 Å². The summed E-state index contributed by atoms with van der Waals surface area (Å²) >= 11 is 0. The van der Waals surface area contributed by atoms with Crippen molar-refractivity contribution in [1.29, 1.82) is 0 Å². The van der Waals surface area contributed by atoms with Crippen LogP contribution >= 0.6 is 24.0 Å². The Kier molecular flexibility index (Phi) is 8.90. The number of aryl methyl sites for hydroxylation is 1. The summed E-state index contributed by atoms with van der Waals surface area (Å²) in [7, 11) is 1.83. The first-order valence-corrected chi connectivity index (χ1v) is 9.61. The van der Waals surface area contributed by atoms with Crippen LogP contribution in [-0.4, -0.2) is 70.5 Å². The quantitative estimate of drug-likeness (QED) is 0.346. The molecule has 1 atom stereocenters. The lowest BCUT2D eigenvalue weighted by molar-refractivity contribution is -0.120. The largest absolute Gasteiger partial charge is 0.391 e. The topological polar surface area (TPSA) is 86.0 Å². The zero-order valence-corrected chi connectivity index (χ0v) is 19.2. The molecule has 1 aromatic carbocycles. The highest BCUT2D eigenvalue weighted by molar-refractivity contribution is 14.0. The minimum absolute atomic E-state index is 0. The van der Waals surface area contributed by atoms with Crippen LogP contribution in [0.3, 0.4) is 0 Å². The van der Waals surface area contributed by atoms with Gasteiger partial charge in [-0.25, -0.2) is 0 Å². The van der Waals surface area contributed by atoms with Crippen LogP contribution in [0.2, 0.25) is 0 Å². The van der Waals surface area contributed by atoms with Crippen LogP contribution in [-0.2, 0) is 18.3 Å². The van der Waals surface area contributed by atoms with Gasteiger partial charge in [0.1, 0.15) is 6.54 Å². The number of aromatic nitrogens is 2. The van der Waals surface area contributed by atoms with E-state index in [1.54, 1.807) is 15.8 Å². The van der Waals surface area contributed by atoms with E-state index in [0.29, 0.717) is 32.0 Å². The molecule has 1 fully saturated rings. The van der Waals surface area contributed by atoms with Crippen molar-refractivity contribution in [3.63, 3.8) is 0 Å². The lowest BCUT2D eigenvalue weighted by Crippen LogP contribution is -2.55. The fourth-order valence-corrected chi connectivity index (χ4v) is 3.24. The molecule has 2 aromatic rings. The van der Waals surface area contributed by atoms with Gasteiger partial charge in [-0.15, -0.1) is 24.0 Å². The summed E-state index contributed by atoms with van der Waals surface area (Å²) in [4.78, 5) is 20.9. The van der Waals surface area contributed by atoms with Gasteiger partial charge in [0.05, 0.1) is 24.5 Å². The van der Waals surface area contributed by atoms with Gasteiger partial charge in [0.15, 0.2) is 5.96 Å². The number of halogens is 1. The standard InChI is InChI=1S/C20H28N6O2.HI/c1-3-21-20(22-13-18(27)11-16-7-5-4-6-8-16)25-9-10-26(19(28)15-25)17-12-23-24(2)14-17;/h4-8,12,14,18,27H,3,9-11,13,15H2,1-2H3,(H,21,22);1H. The summed E-state index contributed by atoms with van der Waals surface area (Å²) in [6, 6.07) is 9.87. The highest BCUT2D eigenvalue weighted by Crippen LogP contribution is 2.16. The number of anilines is 1. The van der Waals surface area contributed by atoms with E-state index in [-0.39, 0.29) is 43.0 Å². The summed E-state index contributed by atoms with van der Waals surface area (Å²) in [5.41, 5.74) is 1.89. The molecule has 0 aliphatic carbocycles. The second-order valence-corrected chi connectivity index (χ2v) is 6.88. The fraction of sp³-hybridized carbons (Fsp3) is 0.450. The first-order chi connectivity index (χ1) is 13.6. The van der Waals surface area contributed by atoms with Gasteiger partial charge >= 0.3 is 0 Å². The highest BCUT2D eigenvalue weighted by Gasteiger charge is 2.27. The van der Waals surface area contributed by atoms with Crippen molar-refractivity contribution in [3.05, 3.63) is 48.3 Å². The number of carbonyl (C=O) groups is 1. The molecular formula is C20H29IN6O2. The van der Waals surface area contributed by atoms with Gasteiger partial charge in [-0.3, -0.25) is 14.5 Å². The Balaban J connectivity index is 0.00000300. The number of amides is 1. The van der Waals surface area contributed by atoms with Crippen LogP contribution in [0.1, 0.15) is 12.5 Å². The molecule has 1 aromatic heterocycles. The number of aliphatic hydroxyl groups excluding tert-OH is 1. The zero-order chi connectivity index (χ0) is 19.9. The molecule has 1 saturated heterocycles. The van der Waals surface area contributed by atoms with Crippen molar-refractivity contribution in [2.45, 2.75) is 19.4 Å². The number of nitrogens with one attached hydrogen (secondary N) is 1. The third-order valence-electron chi connectivity index (χ3n) is 4.62. The molecule has 0 saturated carbocycles. The predicted molar refractivity (Wildman–Crippen MR) is 125 cm³/mol. The summed E-state index contributed by atoms with van der Waals surface area (Å²) in [5, 5.41) is 17.7. The van der Waals surface area contributed by atoms with Gasteiger partial charge in [-0.05, 0) is 12.5 Å². The number of nitrogens with zero attached hydrogens (tertiary/aromatic N) is 5. The molecule has 158 valence electrons. The van der Waals surface area contributed by atoms with Crippen molar-refractivity contribution in [3.8, 4) is 0 Å². The average Bonchev–Trinajstić information content (AvgIpc) is 3.12. The molecule has 3 rings (SSSR count). The Morgan fingerprint density at radius 2 is 2.07 bits per heavy atom. The number of aliphatic hydroxyl groups is 1. The number of piperazine rings is 1. The maximum Gasteiger partial charge on any atom is 0.246 e. The van der Waals surface area contributed by atoms with E-state index < -0.39 is 6.10 Å². The molecular weight excluding hydrogens is 483 g/mol. The molecule has 2 heterocycles. The van der Waals surface area contributed by atoms with Gasteiger partial charge < -0.3 is 20.2 Å². The normalized spacial score (nSPS) is 15.8. The molecule has 0 spiro atoms. The maximum absolute atomic E-state index is 12.6. The molecule has 1 aliphatic heterocycles. The van der Waals surface area contributed by atoms with E-state index in [4.69, 9.17) is 0 Å². The maximum atomic E-state index is 12.6. The number of benzene rings is 1. The Morgan fingerprint density at radius 3 is 2.69 bits per heavy atom. The van der Waals surface area contributed by atoms with Crippen LogP contribution in [0, 0.1) is 0 Å². The summed E-state index contributed by atoms with van der Waals surface area (Å²) < 4.78 is 1.69. The molecule has 8 nitrogen and oxygen atoms in total. The second kappa shape index (κ2) is 11.1. The van der Waals surface area contributed by atoms with Gasteiger partial charge in [0.2, 0.25) is 5.91 Å². The third kappa shape index (κ3) is 6.43. The highest BCUT2D eigenvalue weighted by atomic mass is 127. The predicted octanol–water partition coefficient (Wildman–Crippen LogP) is 1.26. The molecule has 9 heteroatoms. The Hall–Kier alpha value is -2.14. The smallest absolute Gasteiger partial charge is 0.246 e. The van der Waals surface area contributed by atoms with E-state index in [1.807, 2.05) is 55.4 Å². The van der Waals surface area contributed by atoms with Crippen LogP contribution in [0.15, 0.2) is 47.7 Å². The number of rotatable bonds is 6. The fourth-order valence-electron chi connectivity index (χ4n) is 3.24. The van der Waals surface area contributed by atoms with Gasteiger partial charge in [-0.1, -0.05) is 30.3 Å². The monoisotopic (exact) mass is 512 g/mol. The molecule has 2 N–H and O–H groups in total. The van der Waals surface area contributed by atoms with Crippen molar-refractivity contribution in [2.24, 2.45) is 12.0 Å². The van der Waals surface area contributed by atoms with Crippen LogP contribution in [0.5, 0.6) is 0 Å². The lowest BCUT2D eigenvalue weighted by atomic mass is 10.1. The average molecular weight is 512 g/mol. The molecule has 1 aliphatic rings. The van der Waals surface area contributed by atoms with Gasteiger partial charge in [-0.2, -0.15) is 5.10 Å². The summed E-state index contributed by atoms with van der Waals surface area (Å²) in [6.07, 6.45) is 3.53. The minimum Gasteiger partial charge on any atom is -0.391 e. The summed E-state index contributed by atoms with van der Waals surface area (Å²) in [6.45, 7) is 4.46. The van der Waals surface area contributed by atoms with E-state index in [0.717, 1.165) is 11.3 Å². The second-order valence-electron chi connectivity index (χ2n) is 6.88. The molecule has 0 bridgehead atoms. The van der Waals surface area contributed by atoms with Crippen LogP contribution in [0.25, 0.3) is 0 Å². The van der Waals surface area contributed by atoms with Crippen LogP contribution < -0.4 is 10.2 Å². The lowest BCUT2D eigenvalue weighted by Gasteiger charge is -2.35. The first kappa shape index (κ1) is 23.1. The Morgan fingerprint density at radius 1 is 1.31 bits per heavy atom. The van der Waals surface area contributed by atoms with Crippen molar-refractivity contribution < 1.29 is 9.90 Å². The van der Waals surface area contributed by atoms with Crippen molar-refractivity contribution >= 4 is 41.5 Å². The molecule has 29 heavy (non-hydrogen) atoms. The van der Waals surface area contributed by atoms with Gasteiger partial charge in [0, 0.05) is 39.3 Å². The van der Waals surface area contributed by atoms with E-state index >= 15 is 0 Å². The van der Waals surface area contributed by atoms with Crippen molar-refractivity contribution in [1.82, 2.24) is 20.0 Å². The van der Waals surface area contributed by atoms with E-state index in [2.05, 4.69) is 15.4 Å². The Labute approximate surface area is 188 Å². The molecule has 0 radical (unpaired) electrons. The zero-order valence-electron chi connectivity index (χ0n) is 16.9. The Bertz CT molecular complexity index is 810. The minimum atomic E-state index is -0.566. The number of hydrogen-bond donors (Lipinski definition) is 2. The number of guanidine groups is 1. The number of aliphatic imine (C=N–C) groups is 1. The van der Waals surface area contributed by atoms with Gasteiger partial charge in [0.25, 0.3) is 0 Å². The number of hydrogen-bond acceptors (Lipinski definition) is 4. The molecule has 1 unspecified atom stereocenters. The van der Waals surface area contributed by atoms with Crippen molar-refractivity contribution in [2.75, 3.05) is 37.6 Å². The third-order valence-corrected chi connectivity index (χ3v) is 4.62. The summed E-state index contributed by atoms with van der Waals surface area (Å²) in [5.74, 6) is 0.670. The van der Waals surface area contributed by atoms with Crippen LogP contribution in [0.4, 0.5) is 5.69 Å². The molecule has 1 amide bonds. The van der Waals surface area contributed by atoms with E-state index in [9.17, 15) is 9.90 Å². The number of carbonyl (C=O) groups excluding carboxylic acids is 1. The first-order valence-electron chi connectivity index (χ1n) is 9.61.